The van der Waals surface area contributed by atoms with E-state index in [4.69, 9.17) is 0 Å². The molecular weight excluding hydrogens is 294 g/mol. The third-order valence-electron chi connectivity index (χ3n) is 3.12. The Bertz CT molecular complexity index is 657. The third kappa shape index (κ3) is 3.61. The number of nitro groups is 2. The monoisotopic (exact) mass is 307 g/mol. The van der Waals surface area contributed by atoms with Gasteiger partial charge < -0.3 is 5.32 Å². The highest BCUT2D eigenvalue weighted by molar-refractivity contribution is 7.07. The Morgan fingerprint density at radius 1 is 1.24 bits per heavy atom. The van der Waals surface area contributed by atoms with Crippen LogP contribution in [0.3, 0.4) is 0 Å². The first-order valence-electron chi connectivity index (χ1n) is 6.16. The maximum Gasteiger partial charge on any atom is 0.280 e. The average molecular weight is 307 g/mol. The van der Waals surface area contributed by atoms with Gasteiger partial charge in [-0.05, 0) is 35.4 Å². The normalized spacial score (nSPS) is 12.0. The Balaban J connectivity index is 2.16. The molecule has 1 N–H and O–H groups in total. The van der Waals surface area contributed by atoms with Crippen LogP contribution < -0.4 is 5.32 Å². The number of hydrogen-bond acceptors (Lipinski definition) is 6. The molecule has 0 amide bonds. The number of benzene rings is 1. The highest BCUT2D eigenvalue weighted by atomic mass is 32.1. The second-order valence-corrected chi connectivity index (χ2v) is 5.27. The molecule has 110 valence electrons. The maximum absolute atomic E-state index is 11.0. The van der Waals surface area contributed by atoms with Crippen molar-refractivity contribution < 1.29 is 9.85 Å². The summed E-state index contributed by atoms with van der Waals surface area (Å²) in [6.07, 6.45) is 0. The van der Waals surface area contributed by atoms with Crippen molar-refractivity contribution in [1.29, 1.82) is 0 Å². The first-order valence-corrected chi connectivity index (χ1v) is 7.10. The molecule has 0 radical (unpaired) electrons. The molecule has 1 aromatic heterocycles. The highest BCUT2D eigenvalue weighted by Gasteiger charge is 2.19. The van der Waals surface area contributed by atoms with Crippen molar-refractivity contribution in [1.82, 2.24) is 5.32 Å². The maximum atomic E-state index is 11.0. The predicted molar refractivity (Wildman–Crippen MR) is 79.3 cm³/mol. The van der Waals surface area contributed by atoms with E-state index >= 15 is 0 Å². The van der Waals surface area contributed by atoms with E-state index in [9.17, 15) is 20.2 Å². The number of nitro benzene ring substituents is 2. The van der Waals surface area contributed by atoms with Gasteiger partial charge >= 0.3 is 0 Å². The zero-order valence-electron chi connectivity index (χ0n) is 11.2. The molecule has 2 rings (SSSR count). The fraction of sp³-hybridized carbons (Fsp3) is 0.231. The number of hydrogen-bond donors (Lipinski definition) is 1. The summed E-state index contributed by atoms with van der Waals surface area (Å²) in [7, 11) is 0. The summed E-state index contributed by atoms with van der Waals surface area (Å²) in [4.78, 5) is 20.5. The Labute approximate surface area is 124 Å². The SMILES string of the molecule is CC(NCc1ccc([N+](=O)[O-])cc1[N+](=O)[O-])c1ccsc1. The van der Waals surface area contributed by atoms with Crippen LogP contribution in [0.1, 0.15) is 24.1 Å². The molecule has 1 aromatic carbocycles. The molecule has 0 bridgehead atoms. The quantitative estimate of drug-likeness (QED) is 0.651. The van der Waals surface area contributed by atoms with Gasteiger partial charge in [0.2, 0.25) is 0 Å². The molecule has 1 atom stereocenters. The summed E-state index contributed by atoms with van der Waals surface area (Å²) in [5.74, 6) is 0. The zero-order valence-corrected chi connectivity index (χ0v) is 12.0. The second-order valence-electron chi connectivity index (χ2n) is 4.49. The van der Waals surface area contributed by atoms with E-state index in [0.717, 1.165) is 11.6 Å². The summed E-state index contributed by atoms with van der Waals surface area (Å²) in [5, 5.41) is 28.8. The lowest BCUT2D eigenvalue weighted by Gasteiger charge is -2.12. The number of thiophene rings is 1. The van der Waals surface area contributed by atoms with Gasteiger partial charge in [0.15, 0.2) is 0 Å². The topological polar surface area (TPSA) is 98.3 Å². The Morgan fingerprint density at radius 2 is 2.00 bits per heavy atom. The van der Waals surface area contributed by atoms with Gasteiger partial charge in [-0.25, -0.2) is 0 Å². The lowest BCUT2D eigenvalue weighted by molar-refractivity contribution is -0.394. The summed E-state index contributed by atoms with van der Waals surface area (Å²) in [6, 6.07) is 5.72. The van der Waals surface area contributed by atoms with Crippen molar-refractivity contribution >= 4 is 22.7 Å². The molecule has 8 heteroatoms. The summed E-state index contributed by atoms with van der Waals surface area (Å²) in [5.41, 5.74) is 1.00. The molecule has 1 unspecified atom stereocenters. The van der Waals surface area contributed by atoms with Gasteiger partial charge in [-0.2, -0.15) is 11.3 Å². The summed E-state index contributed by atoms with van der Waals surface area (Å²) >= 11 is 1.58. The number of nitrogens with one attached hydrogen (secondary N) is 1. The third-order valence-corrected chi connectivity index (χ3v) is 3.82. The number of rotatable bonds is 6. The van der Waals surface area contributed by atoms with Gasteiger partial charge in [0.05, 0.1) is 15.9 Å². The summed E-state index contributed by atoms with van der Waals surface area (Å²) < 4.78 is 0. The Kier molecular flexibility index (Phi) is 4.61. The molecule has 0 fully saturated rings. The fourth-order valence-corrected chi connectivity index (χ4v) is 2.64. The van der Waals surface area contributed by atoms with Crippen LogP contribution in [0.25, 0.3) is 0 Å². The van der Waals surface area contributed by atoms with Crippen LogP contribution in [-0.4, -0.2) is 9.85 Å². The minimum atomic E-state index is -0.641. The minimum Gasteiger partial charge on any atom is -0.306 e. The zero-order chi connectivity index (χ0) is 15.4. The highest BCUT2D eigenvalue weighted by Crippen LogP contribution is 2.25. The van der Waals surface area contributed by atoms with Crippen LogP contribution >= 0.6 is 11.3 Å². The van der Waals surface area contributed by atoms with Crippen molar-refractivity contribution in [2.75, 3.05) is 0 Å². The van der Waals surface area contributed by atoms with E-state index in [1.54, 1.807) is 11.3 Å². The van der Waals surface area contributed by atoms with Gasteiger partial charge in [0.25, 0.3) is 11.4 Å². The standard InChI is InChI=1S/C13H13N3O4S/c1-9(11-4-5-21-8-11)14-7-10-2-3-12(15(17)18)6-13(10)16(19)20/h2-6,8-9,14H,7H2,1H3. The predicted octanol–water partition coefficient (Wildman–Crippen LogP) is 3.42. The van der Waals surface area contributed by atoms with Crippen molar-refractivity contribution in [2.45, 2.75) is 19.5 Å². The smallest absolute Gasteiger partial charge is 0.280 e. The first kappa shape index (κ1) is 15.1. The molecule has 7 nitrogen and oxygen atoms in total. The van der Waals surface area contributed by atoms with E-state index in [1.807, 2.05) is 23.8 Å². The van der Waals surface area contributed by atoms with Crippen LogP contribution in [0.4, 0.5) is 11.4 Å². The Morgan fingerprint density at radius 3 is 2.57 bits per heavy atom. The van der Waals surface area contributed by atoms with Gasteiger partial charge in [-0.1, -0.05) is 0 Å². The molecule has 0 saturated carbocycles. The molecule has 0 aliphatic heterocycles. The molecule has 21 heavy (non-hydrogen) atoms. The average Bonchev–Trinajstić information content (AvgIpc) is 2.98. The molecule has 0 saturated heterocycles. The van der Waals surface area contributed by atoms with Crippen LogP contribution in [-0.2, 0) is 6.54 Å². The second kappa shape index (κ2) is 6.42. The summed E-state index contributed by atoms with van der Waals surface area (Å²) in [6.45, 7) is 2.23. The van der Waals surface area contributed by atoms with Crippen LogP contribution in [0.5, 0.6) is 0 Å². The van der Waals surface area contributed by atoms with Crippen molar-refractivity contribution in [2.24, 2.45) is 0 Å². The number of non-ortho nitro benzene ring substituents is 1. The van der Waals surface area contributed by atoms with Gasteiger partial charge in [0.1, 0.15) is 0 Å². The largest absolute Gasteiger partial charge is 0.306 e. The molecule has 0 aliphatic rings. The van der Waals surface area contributed by atoms with Crippen LogP contribution in [0.2, 0.25) is 0 Å². The van der Waals surface area contributed by atoms with Crippen molar-refractivity contribution in [3.63, 3.8) is 0 Å². The van der Waals surface area contributed by atoms with Crippen LogP contribution in [0, 0.1) is 20.2 Å². The van der Waals surface area contributed by atoms with E-state index < -0.39 is 9.85 Å². The van der Waals surface area contributed by atoms with Gasteiger partial charge in [-0.15, -0.1) is 0 Å². The molecule has 0 spiro atoms. The van der Waals surface area contributed by atoms with Gasteiger partial charge in [0, 0.05) is 24.2 Å². The van der Waals surface area contributed by atoms with Crippen LogP contribution in [0.15, 0.2) is 35.0 Å². The lowest BCUT2D eigenvalue weighted by atomic mass is 10.1. The van der Waals surface area contributed by atoms with E-state index in [0.29, 0.717) is 5.56 Å². The minimum absolute atomic E-state index is 0.0473. The molecule has 0 aliphatic carbocycles. The van der Waals surface area contributed by atoms with Gasteiger partial charge in [-0.3, -0.25) is 20.2 Å². The fourth-order valence-electron chi connectivity index (χ4n) is 1.89. The molecular formula is C13H13N3O4S. The Hall–Kier alpha value is -2.32. The van der Waals surface area contributed by atoms with E-state index in [-0.39, 0.29) is 24.0 Å². The number of nitrogens with zero attached hydrogens (tertiary/aromatic N) is 2. The first-order chi connectivity index (χ1) is 9.99. The van der Waals surface area contributed by atoms with Crippen molar-refractivity contribution in [3.05, 3.63) is 66.4 Å². The van der Waals surface area contributed by atoms with E-state index in [2.05, 4.69) is 5.32 Å². The van der Waals surface area contributed by atoms with Crippen molar-refractivity contribution in [3.8, 4) is 0 Å². The lowest BCUT2D eigenvalue weighted by Crippen LogP contribution is -2.18. The van der Waals surface area contributed by atoms with E-state index in [1.165, 1.54) is 12.1 Å². The molecule has 2 aromatic rings. The molecule has 1 heterocycles.